The summed E-state index contributed by atoms with van der Waals surface area (Å²) >= 11 is 8.71. The number of amides is 3. The van der Waals surface area contributed by atoms with E-state index in [1.165, 1.54) is 34.0 Å². The van der Waals surface area contributed by atoms with E-state index in [1.54, 1.807) is 11.9 Å². The van der Waals surface area contributed by atoms with E-state index in [9.17, 15) is 29.4 Å². The fourth-order valence-corrected chi connectivity index (χ4v) is 9.86. The van der Waals surface area contributed by atoms with Crippen molar-refractivity contribution in [2.45, 2.75) is 55.2 Å². The number of nitrogens with zero attached hydrogens (tertiary/aromatic N) is 8. The number of piperidine rings is 1. The predicted molar refractivity (Wildman–Crippen MR) is 191 cm³/mol. The number of β-lactam (4-membered cyclic amide) rings is 1. The Bertz CT molecular complexity index is 2060. The van der Waals surface area contributed by atoms with Gasteiger partial charge < -0.3 is 41.0 Å². The lowest BCUT2D eigenvalue weighted by atomic mass is 9.92. The molecule has 0 radical (unpaired) electrons. The third-order valence-corrected chi connectivity index (χ3v) is 12.7. The van der Waals surface area contributed by atoms with Gasteiger partial charge in [-0.25, -0.2) is 14.5 Å². The summed E-state index contributed by atoms with van der Waals surface area (Å²) in [5.74, 6) is -2.92. The van der Waals surface area contributed by atoms with Crippen LogP contribution in [0.15, 0.2) is 28.2 Å². The molecule has 7 N–H and O–H groups in total. The van der Waals surface area contributed by atoms with Crippen LogP contribution in [0.5, 0.6) is 11.5 Å². The average Bonchev–Trinajstić information content (AvgIpc) is 3.77. The van der Waals surface area contributed by atoms with Crippen molar-refractivity contribution < 1.29 is 43.8 Å². The minimum absolute atomic E-state index is 0.0710. The summed E-state index contributed by atoms with van der Waals surface area (Å²) in [7, 11) is 3.89. The number of aromatic hydroxyl groups is 2. The number of oxime groups is 1. The largest absolute Gasteiger partial charge is 0.504 e. The summed E-state index contributed by atoms with van der Waals surface area (Å²) in [5.41, 5.74) is 7.13. The number of rotatable bonds is 11. The van der Waals surface area contributed by atoms with Crippen molar-refractivity contribution in [1.29, 1.82) is 0 Å². The first-order valence-corrected chi connectivity index (χ1v) is 18.8. The number of hydrogen-bond donors (Lipinski definition) is 6. The van der Waals surface area contributed by atoms with Gasteiger partial charge in [-0.2, -0.15) is 0 Å². The normalized spacial score (nSPS) is 26.5. The highest BCUT2D eigenvalue weighted by molar-refractivity contribution is 8.00. The molecule has 3 amide bonds. The molecule has 280 valence electrons. The molecule has 3 aromatic rings. The van der Waals surface area contributed by atoms with Crippen molar-refractivity contribution in [3.05, 3.63) is 45.2 Å². The Kier molecular flexibility index (Phi) is 9.68. The highest BCUT2D eigenvalue weighted by Gasteiger charge is 2.57. The number of benzene rings is 1. The summed E-state index contributed by atoms with van der Waals surface area (Å²) in [5, 5.41) is 51.3. The van der Waals surface area contributed by atoms with Gasteiger partial charge in [0.25, 0.3) is 17.7 Å². The number of hydrogen-bond acceptors (Lipinski definition) is 15. The second-order valence-electron chi connectivity index (χ2n) is 13.4. The molecule has 3 fully saturated rings. The first kappa shape index (κ1) is 36.4. The number of nitrogen functional groups attached to an aromatic ring is 1. The van der Waals surface area contributed by atoms with Crippen molar-refractivity contribution in [3.8, 4) is 11.5 Å². The van der Waals surface area contributed by atoms with Gasteiger partial charge in [-0.3, -0.25) is 19.3 Å². The highest BCUT2D eigenvalue weighted by Crippen LogP contribution is 2.47. The third kappa shape index (κ3) is 6.61. The maximum absolute atomic E-state index is 13.9. The number of quaternary nitrogens is 1. The number of phenols is 2. The topological polar surface area (TPSA) is 260 Å². The van der Waals surface area contributed by atoms with Gasteiger partial charge in [0.05, 0.1) is 35.4 Å². The van der Waals surface area contributed by atoms with E-state index in [0.29, 0.717) is 41.1 Å². The molecule has 0 saturated carbocycles. The molecule has 0 spiro atoms. The second-order valence-corrected chi connectivity index (χ2v) is 15.8. The van der Waals surface area contributed by atoms with Crippen molar-refractivity contribution in [1.82, 2.24) is 40.7 Å². The van der Waals surface area contributed by atoms with E-state index < -0.39 is 47.3 Å². The van der Waals surface area contributed by atoms with Crippen molar-refractivity contribution in [2.24, 2.45) is 12.2 Å². The molecule has 2 bridgehead atoms. The van der Waals surface area contributed by atoms with E-state index in [2.05, 4.69) is 43.3 Å². The number of thioether (sulfide) groups is 1. The summed E-state index contributed by atoms with van der Waals surface area (Å²) in [4.78, 5) is 62.0. The smallest absolute Gasteiger partial charge is 0.344 e. The SMILES string of the molecule is Cn1nnnc1C1=C(C[N+]2(C)C3CCC2CC(NC(=O)c2ccc(O)c(O)c2Cl)C3)CSC2C(NC(=O)/C(=N\OCC(=O)O)c3csc(N)n3)C(=O)N12. The minimum Gasteiger partial charge on any atom is -0.504 e. The summed E-state index contributed by atoms with van der Waals surface area (Å²) in [6.07, 6.45) is 3.29. The number of anilines is 1. The summed E-state index contributed by atoms with van der Waals surface area (Å²) in [6, 6.07) is 1.90. The average molecular weight is 789 g/mol. The Balaban J connectivity index is 1.10. The van der Waals surface area contributed by atoms with E-state index >= 15 is 0 Å². The molecule has 4 unspecified atom stereocenters. The van der Waals surface area contributed by atoms with Crippen molar-refractivity contribution in [2.75, 3.05) is 31.7 Å². The second kappa shape index (κ2) is 14.1. The zero-order valence-corrected chi connectivity index (χ0v) is 30.7. The quantitative estimate of drug-likeness (QED) is 0.0509. The number of phenolic OH excluding ortho intramolecular Hbond substituents is 2. The Hall–Kier alpha value is -4.99. The predicted octanol–water partition coefficient (Wildman–Crippen LogP) is 0.500. The zero-order chi connectivity index (χ0) is 37.8. The summed E-state index contributed by atoms with van der Waals surface area (Å²) < 4.78 is 2.19. The van der Waals surface area contributed by atoms with Crippen LogP contribution < -0.4 is 16.4 Å². The number of aromatic nitrogens is 5. The number of carboxylic acid groups (broad SMARTS) is 1. The molecule has 7 rings (SSSR count). The number of aryl methyl sites for hydroxylation is 1. The Morgan fingerprint density at radius 2 is 1.92 bits per heavy atom. The maximum Gasteiger partial charge on any atom is 0.344 e. The van der Waals surface area contributed by atoms with Gasteiger partial charge in [0.2, 0.25) is 6.61 Å². The number of nitrogens with two attached hydrogens (primary N) is 1. The number of thiazole rings is 1. The highest BCUT2D eigenvalue weighted by atomic mass is 35.5. The van der Waals surface area contributed by atoms with Crippen LogP contribution in [0, 0.1) is 0 Å². The van der Waals surface area contributed by atoms with Crippen LogP contribution in [0.2, 0.25) is 5.02 Å². The monoisotopic (exact) mass is 788 g/mol. The van der Waals surface area contributed by atoms with Gasteiger partial charge >= 0.3 is 5.97 Å². The van der Waals surface area contributed by atoms with E-state index in [-0.39, 0.29) is 51.2 Å². The van der Waals surface area contributed by atoms with E-state index in [4.69, 9.17) is 27.3 Å². The maximum atomic E-state index is 13.9. The number of carbonyl (C=O) groups excluding carboxylic acids is 3. The molecule has 22 heteroatoms. The van der Waals surface area contributed by atoms with Crippen molar-refractivity contribution >= 4 is 74.9 Å². The molecule has 1 aromatic carbocycles. The van der Waals surface area contributed by atoms with Crippen LogP contribution in [-0.4, -0.2) is 135 Å². The Morgan fingerprint density at radius 1 is 1.19 bits per heavy atom. The van der Waals surface area contributed by atoms with E-state index in [0.717, 1.165) is 29.8 Å². The number of likely N-dealkylation sites (N-methyl/N-ethyl adjacent to an activating group) is 1. The van der Waals surface area contributed by atoms with Crippen LogP contribution >= 0.6 is 34.7 Å². The lowest BCUT2D eigenvalue weighted by Crippen LogP contribution is -2.70. The van der Waals surface area contributed by atoms with E-state index in [1.807, 2.05) is 0 Å². The molecule has 19 nitrogen and oxygen atoms in total. The summed E-state index contributed by atoms with van der Waals surface area (Å²) in [6.45, 7) is -0.193. The molecule has 4 aliphatic heterocycles. The lowest BCUT2D eigenvalue weighted by Gasteiger charge is -2.52. The van der Waals surface area contributed by atoms with Crippen LogP contribution in [0.4, 0.5) is 5.13 Å². The third-order valence-electron chi connectivity index (χ3n) is 10.3. The zero-order valence-electron chi connectivity index (χ0n) is 28.3. The van der Waals surface area contributed by atoms with Gasteiger partial charge in [-0.1, -0.05) is 16.8 Å². The number of aliphatic carboxylic acids is 1. The number of carboxylic acids is 1. The first-order valence-electron chi connectivity index (χ1n) is 16.5. The Morgan fingerprint density at radius 3 is 2.57 bits per heavy atom. The lowest BCUT2D eigenvalue weighted by molar-refractivity contribution is -0.944. The van der Waals surface area contributed by atoms with Crippen LogP contribution in [0.25, 0.3) is 5.70 Å². The standard InChI is InChI=1S/C31H34ClN11O8S2/c1-41-26(37-39-40-41)24-13(9-43(2)15-3-4-16(43)8-14(7-15)34-27(48)17-5-6-19(44)25(47)21(17)32)11-52-30-23(29(50)42(24)30)36-28(49)22(38-51-10-20(45)46)18-12-53-31(33)35-18/h5-6,12,14-16,23,30H,3-4,7-11H2,1-2H3,(H6-,33,34,35,36,38,39,40,44,45,46,47,48,49)/p+1. The number of tetrazole rings is 1. The van der Waals surface area contributed by atoms with Crippen LogP contribution in [0.3, 0.4) is 0 Å². The van der Waals surface area contributed by atoms with Gasteiger partial charge in [0, 0.05) is 55.5 Å². The van der Waals surface area contributed by atoms with Crippen molar-refractivity contribution in [3.63, 3.8) is 0 Å². The van der Waals surface area contributed by atoms with Gasteiger partial charge in [0.1, 0.15) is 23.7 Å². The van der Waals surface area contributed by atoms with Crippen LogP contribution in [0.1, 0.15) is 47.6 Å². The fraction of sp³-hybridized carbons (Fsp3) is 0.452. The molecule has 53 heavy (non-hydrogen) atoms. The number of halogens is 1. The number of carbonyl (C=O) groups is 4. The molecular weight excluding hydrogens is 754 g/mol. The minimum atomic E-state index is -1.29. The fourth-order valence-electron chi connectivity index (χ4n) is 7.73. The Labute approximate surface area is 314 Å². The van der Waals surface area contributed by atoms with Crippen LogP contribution in [-0.2, 0) is 26.3 Å². The molecule has 3 saturated heterocycles. The molecule has 0 aliphatic carbocycles. The molecule has 4 aliphatic rings. The number of nitrogens with one attached hydrogen (secondary N) is 2. The van der Waals surface area contributed by atoms with Gasteiger partial charge in [0.15, 0.2) is 28.2 Å². The van der Waals surface area contributed by atoms with Gasteiger partial charge in [-0.15, -0.1) is 28.2 Å². The molecule has 4 atom stereocenters. The van der Waals surface area contributed by atoms with Gasteiger partial charge in [-0.05, 0) is 22.6 Å². The molecular formula is C31H35ClN11O8S2+. The first-order chi connectivity index (χ1) is 25.3. The number of fused-ring (bicyclic) bond motifs is 3. The molecule has 2 aromatic heterocycles. The molecule has 6 heterocycles.